The Kier molecular flexibility index (Phi) is 6.84. The first-order valence-electron chi connectivity index (χ1n) is 7.47. The van der Waals surface area contributed by atoms with Gasteiger partial charge in [-0.2, -0.15) is 5.10 Å². The minimum Gasteiger partial charge on any atom is -0.384 e. The van der Waals surface area contributed by atoms with Crippen LogP contribution >= 0.6 is 12.4 Å². The van der Waals surface area contributed by atoms with E-state index in [0.29, 0.717) is 18.7 Å². The molecule has 0 saturated carbocycles. The van der Waals surface area contributed by atoms with Gasteiger partial charge in [-0.3, -0.25) is 9.48 Å². The van der Waals surface area contributed by atoms with Crippen LogP contribution in [0, 0.1) is 19.3 Å². The van der Waals surface area contributed by atoms with Crippen LogP contribution in [-0.2, 0) is 11.8 Å². The number of nitrogens with one attached hydrogen (secondary N) is 2. The molecular weight excluding hydrogens is 304 g/mol. The highest BCUT2D eigenvalue weighted by atomic mass is 35.5. The van der Waals surface area contributed by atoms with Gasteiger partial charge in [0.2, 0.25) is 0 Å². The third kappa shape index (κ3) is 4.00. The smallest absolute Gasteiger partial charge is 0.255 e. The summed E-state index contributed by atoms with van der Waals surface area (Å²) in [6.07, 6.45) is 2.04. The zero-order chi connectivity index (χ0) is 15.5. The van der Waals surface area contributed by atoms with Crippen LogP contribution in [0.4, 0.5) is 0 Å². The number of aryl methyl sites for hydroxylation is 2. The van der Waals surface area contributed by atoms with Crippen LogP contribution in [0.5, 0.6) is 0 Å². The number of halogens is 1. The maximum absolute atomic E-state index is 12.5. The van der Waals surface area contributed by atoms with Gasteiger partial charge >= 0.3 is 0 Å². The quantitative estimate of drug-likeness (QED) is 0.851. The molecule has 126 valence electrons. The van der Waals surface area contributed by atoms with Crippen molar-refractivity contribution >= 4 is 18.3 Å². The Hall–Kier alpha value is -1.11. The predicted octanol–water partition coefficient (Wildman–Crippen LogP) is 1.20. The number of hydrogen-bond acceptors (Lipinski definition) is 4. The van der Waals surface area contributed by atoms with Gasteiger partial charge < -0.3 is 15.4 Å². The van der Waals surface area contributed by atoms with Crippen LogP contribution in [-0.4, -0.2) is 49.0 Å². The largest absolute Gasteiger partial charge is 0.384 e. The molecule has 7 heteroatoms. The highest BCUT2D eigenvalue weighted by molar-refractivity contribution is 5.96. The molecule has 0 unspecified atom stereocenters. The Morgan fingerprint density at radius 3 is 2.55 bits per heavy atom. The van der Waals surface area contributed by atoms with Crippen molar-refractivity contribution in [2.75, 3.05) is 33.4 Å². The number of ether oxygens (including phenoxy) is 1. The topological polar surface area (TPSA) is 68.2 Å². The standard InChI is InChI=1S/C15H26N4O2.ClH/c1-11-13(12(2)19(3)18-11)14(20)17-9-15(10-21-4)5-7-16-8-6-15;/h16H,5-10H2,1-4H3,(H,17,20);1H. The van der Waals surface area contributed by atoms with Crippen LogP contribution in [0.2, 0.25) is 0 Å². The third-order valence-electron chi connectivity index (χ3n) is 4.47. The van der Waals surface area contributed by atoms with Gasteiger partial charge in [-0.15, -0.1) is 12.4 Å². The van der Waals surface area contributed by atoms with Gasteiger partial charge in [0.25, 0.3) is 5.91 Å². The maximum Gasteiger partial charge on any atom is 0.255 e. The zero-order valence-electron chi connectivity index (χ0n) is 13.9. The van der Waals surface area contributed by atoms with Crippen molar-refractivity contribution in [3.8, 4) is 0 Å². The molecule has 1 aliphatic rings. The normalized spacial score (nSPS) is 16.9. The van der Waals surface area contributed by atoms with E-state index in [4.69, 9.17) is 4.74 Å². The number of aromatic nitrogens is 2. The summed E-state index contributed by atoms with van der Waals surface area (Å²) in [5.41, 5.74) is 2.41. The number of nitrogens with zero attached hydrogens (tertiary/aromatic N) is 2. The number of amides is 1. The molecule has 0 aliphatic carbocycles. The third-order valence-corrected chi connectivity index (χ3v) is 4.47. The summed E-state index contributed by atoms with van der Waals surface area (Å²) in [5, 5.41) is 10.7. The highest BCUT2D eigenvalue weighted by Crippen LogP contribution is 2.28. The fourth-order valence-electron chi connectivity index (χ4n) is 3.09. The number of rotatable bonds is 5. The van der Waals surface area contributed by atoms with Crippen molar-refractivity contribution in [2.45, 2.75) is 26.7 Å². The lowest BCUT2D eigenvalue weighted by Gasteiger charge is -2.37. The van der Waals surface area contributed by atoms with Crippen molar-refractivity contribution in [3.05, 3.63) is 17.0 Å². The number of piperidine rings is 1. The monoisotopic (exact) mass is 330 g/mol. The molecule has 1 aromatic rings. The predicted molar refractivity (Wildman–Crippen MR) is 88.7 cm³/mol. The number of carbonyl (C=O) groups is 1. The lowest BCUT2D eigenvalue weighted by Crippen LogP contribution is -2.47. The average Bonchev–Trinajstić information content (AvgIpc) is 2.71. The summed E-state index contributed by atoms with van der Waals surface area (Å²) in [4.78, 5) is 12.5. The van der Waals surface area contributed by atoms with Crippen molar-refractivity contribution in [2.24, 2.45) is 12.5 Å². The van der Waals surface area contributed by atoms with Gasteiger partial charge in [-0.05, 0) is 39.8 Å². The Bertz CT molecular complexity index is 504. The fraction of sp³-hybridized carbons (Fsp3) is 0.733. The molecule has 2 heterocycles. The van der Waals surface area contributed by atoms with E-state index in [0.717, 1.165) is 37.3 Å². The lowest BCUT2D eigenvalue weighted by molar-refractivity contribution is 0.0511. The molecule has 6 nitrogen and oxygen atoms in total. The highest BCUT2D eigenvalue weighted by Gasteiger charge is 2.33. The van der Waals surface area contributed by atoms with Crippen LogP contribution in [0.15, 0.2) is 0 Å². The van der Waals surface area contributed by atoms with E-state index in [9.17, 15) is 4.79 Å². The molecule has 1 aliphatic heterocycles. The first-order chi connectivity index (χ1) is 9.99. The Morgan fingerprint density at radius 1 is 1.41 bits per heavy atom. The van der Waals surface area contributed by atoms with Gasteiger partial charge in [-0.1, -0.05) is 0 Å². The molecule has 1 fully saturated rings. The SMILES string of the molecule is COCC1(CNC(=O)c2c(C)nn(C)c2C)CCNCC1.Cl. The Balaban J connectivity index is 0.00000242. The molecule has 0 spiro atoms. The van der Waals surface area contributed by atoms with E-state index in [2.05, 4.69) is 15.7 Å². The molecule has 1 amide bonds. The van der Waals surface area contributed by atoms with Crippen LogP contribution in [0.3, 0.4) is 0 Å². The van der Waals surface area contributed by atoms with Crippen molar-refractivity contribution < 1.29 is 9.53 Å². The van der Waals surface area contributed by atoms with E-state index in [1.807, 2.05) is 20.9 Å². The molecule has 1 aromatic heterocycles. The number of hydrogen-bond donors (Lipinski definition) is 2. The second kappa shape index (κ2) is 7.94. The molecule has 2 rings (SSSR count). The van der Waals surface area contributed by atoms with E-state index in [-0.39, 0.29) is 23.7 Å². The van der Waals surface area contributed by atoms with Gasteiger partial charge in [0.05, 0.1) is 17.9 Å². The maximum atomic E-state index is 12.5. The number of carbonyl (C=O) groups excluding carboxylic acids is 1. The van der Waals surface area contributed by atoms with E-state index < -0.39 is 0 Å². The van der Waals surface area contributed by atoms with Gasteiger partial charge in [-0.25, -0.2) is 0 Å². The zero-order valence-corrected chi connectivity index (χ0v) is 14.7. The first kappa shape index (κ1) is 18.9. The van der Waals surface area contributed by atoms with Crippen LogP contribution < -0.4 is 10.6 Å². The minimum absolute atomic E-state index is 0. The summed E-state index contributed by atoms with van der Waals surface area (Å²) in [7, 11) is 3.58. The van der Waals surface area contributed by atoms with E-state index >= 15 is 0 Å². The summed E-state index contributed by atoms with van der Waals surface area (Å²) in [6.45, 7) is 7.07. The molecule has 2 N–H and O–H groups in total. The average molecular weight is 331 g/mol. The molecule has 22 heavy (non-hydrogen) atoms. The Morgan fingerprint density at radius 2 is 2.05 bits per heavy atom. The minimum atomic E-state index is -0.0351. The van der Waals surface area contributed by atoms with E-state index in [1.54, 1.807) is 11.8 Å². The molecule has 1 saturated heterocycles. The van der Waals surface area contributed by atoms with Gasteiger partial charge in [0.15, 0.2) is 0 Å². The van der Waals surface area contributed by atoms with Gasteiger partial charge in [0, 0.05) is 31.8 Å². The second-order valence-corrected chi connectivity index (χ2v) is 6.04. The lowest BCUT2D eigenvalue weighted by atomic mass is 9.79. The molecule has 0 aromatic carbocycles. The molecule has 0 bridgehead atoms. The van der Waals surface area contributed by atoms with E-state index in [1.165, 1.54) is 0 Å². The van der Waals surface area contributed by atoms with Crippen molar-refractivity contribution in [1.82, 2.24) is 20.4 Å². The van der Waals surface area contributed by atoms with Crippen LogP contribution in [0.1, 0.15) is 34.6 Å². The fourth-order valence-corrected chi connectivity index (χ4v) is 3.09. The second-order valence-electron chi connectivity index (χ2n) is 6.04. The summed E-state index contributed by atoms with van der Waals surface area (Å²) in [5.74, 6) is -0.0351. The van der Waals surface area contributed by atoms with Gasteiger partial charge in [0.1, 0.15) is 0 Å². The molecular formula is C15H27ClN4O2. The summed E-state index contributed by atoms with van der Waals surface area (Å²) < 4.78 is 7.13. The summed E-state index contributed by atoms with van der Waals surface area (Å²) >= 11 is 0. The van der Waals surface area contributed by atoms with Crippen molar-refractivity contribution in [3.63, 3.8) is 0 Å². The van der Waals surface area contributed by atoms with Crippen molar-refractivity contribution in [1.29, 1.82) is 0 Å². The number of methoxy groups -OCH3 is 1. The first-order valence-corrected chi connectivity index (χ1v) is 7.47. The molecule has 0 atom stereocenters. The molecule has 0 radical (unpaired) electrons. The summed E-state index contributed by atoms with van der Waals surface area (Å²) in [6, 6.07) is 0. The Labute approximate surface area is 138 Å². The van der Waals surface area contributed by atoms with Crippen LogP contribution in [0.25, 0.3) is 0 Å².